The Morgan fingerprint density at radius 2 is 1.97 bits per heavy atom. The second-order valence-corrected chi connectivity index (χ2v) is 10.8. The van der Waals surface area contributed by atoms with Crippen LogP contribution < -0.4 is 5.32 Å². The van der Waals surface area contributed by atoms with Crippen molar-refractivity contribution < 1.29 is 4.79 Å². The largest absolute Gasteiger partial charge is 0.322 e. The second-order valence-electron chi connectivity index (χ2n) is 10.1. The summed E-state index contributed by atoms with van der Waals surface area (Å²) < 4.78 is 0. The molecular formula is C25H36Cl2N4O. The molecule has 0 spiro atoms. The number of benzene rings is 1. The van der Waals surface area contributed by atoms with Crippen molar-refractivity contribution in [3.8, 4) is 0 Å². The molecule has 5 rings (SSSR count). The van der Waals surface area contributed by atoms with E-state index in [9.17, 15) is 4.79 Å². The highest BCUT2D eigenvalue weighted by Crippen LogP contribution is 2.59. The molecule has 1 aromatic carbocycles. The number of carbonyl (C=O) groups excluding carboxylic acids is 1. The van der Waals surface area contributed by atoms with Crippen LogP contribution in [0.2, 0.25) is 10.0 Å². The van der Waals surface area contributed by atoms with Gasteiger partial charge in [0.2, 0.25) is 0 Å². The summed E-state index contributed by atoms with van der Waals surface area (Å²) in [6, 6.07) is 5.16. The molecule has 2 bridgehead atoms. The van der Waals surface area contributed by atoms with Gasteiger partial charge in [0.1, 0.15) is 0 Å². The van der Waals surface area contributed by atoms with Crippen LogP contribution in [0.5, 0.6) is 0 Å². The van der Waals surface area contributed by atoms with Gasteiger partial charge in [0.05, 0.1) is 15.7 Å². The smallest absolute Gasteiger partial charge is 0.321 e. The molecule has 1 saturated carbocycles. The summed E-state index contributed by atoms with van der Waals surface area (Å²) in [5.74, 6) is 1.68. The monoisotopic (exact) mass is 478 g/mol. The normalized spacial score (nSPS) is 24.8. The molecule has 0 aromatic heterocycles. The molecule has 2 unspecified atom stereocenters. The number of nitrogens with zero attached hydrogens (tertiary/aromatic N) is 3. The third-order valence-electron chi connectivity index (χ3n) is 8.02. The van der Waals surface area contributed by atoms with Gasteiger partial charge in [-0.05, 0) is 48.8 Å². The van der Waals surface area contributed by atoms with E-state index in [1.54, 1.807) is 23.8 Å². The van der Waals surface area contributed by atoms with Crippen molar-refractivity contribution in [3.05, 3.63) is 39.9 Å². The van der Waals surface area contributed by atoms with Crippen LogP contribution in [-0.4, -0.2) is 73.1 Å². The van der Waals surface area contributed by atoms with E-state index in [1.165, 1.54) is 12.8 Å². The molecular weight excluding hydrogens is 443 g/mol. The minimum absolute atomic E-state index is 0.116. The van der Waals surface area contributed by atoms with E-state index in [2.05, 4.69) is 42.0 Å². The first kappa shape index (κ1) is 23.9. The molecule has 1 saturated heterocycles. The predicted molar refractivity (Wildman–Crippen MR) is 134 cm³/mol. The number of rotatable bonds is 7. The lowest BCUT2D eigenvalue weighted by atomic mass is 9.49. The summed E-state index contributed by atoms with van der Waals surface area (Å²) in [6.45, 7) is 14.7. The Morgan fingerprint density at radius 3 is 2.62 bits per heavy atom. The summed E-state index contributed by atoms with van der Waals surface area (Å²) in [5.41, 5.74) is 2.72. The van der Waals surface area contributed by atoms with Gasteiger partial charge in [0, 0.05) is 45.8 Å². The first-order valence-corrected chi connectivity index (χ1v) is 12.7. The fourth-order valence-corrected chi connectivity index (χ4v) is 5.86. The first-order chi connectivity index (χ1) is 15.3. The van der Waals surface area contributed by atoms with Crippen LogP contribution in [0.1, 0.15) is 33.6 Å². The van der Waals surface area contributed by atoms with E-state index in [1.807, 2.05) is 4.90 Å². The zero-order valence-corrected chi connectivity index (χ0v) is 21.1. The average molecular weight is 479 g/mol. The molecule has 3 aliphatic carbocycles. The number of hydrogen-bond donors (Lipinski definition) is 1. The third-order valence-corrected chi connectivity index (χ3v) is 8.84. The molecule has 1 N–H and O–H groups in total. The van der Waals surface area contributed by atoms with Gasteiger partial charge in [-0.25, -0.2) is 4.79 Å². The summed E-state index contributed by atoms with van der Waals surface area (Å²) in [7, 11) is 0. The molecule has 32 heavy (non-hydrogen) atoms. The summed E-state index contributed by atoms with van der Waals surface area (Å²) in [4.78, 5) is 19.5. The highest BCUT2D eigenvalue weighted by Gasteiger charge is 2.51. The van der Waals surface area contributed by atoms with E-state index in [-0.39, 0.29) is 6.03 Å². The maximum atomic E-state index is 12.6. The zero-order valence-electron chi connectivity index (χ0n) is 19.5. The molecule has 1 aliphatic heterocycles. The molecule has 2 amide bonds. The molecule has 1 heterocycles. The number of piperazine rings is 1. The molecule has 2 atom stereocenters. The van der Waals surface area contributed by atoms with Crippen LogP contribution in [0.15, 0.2) is 29.8 Å². The summed E-state index contributed by atoms with van der Waals surface area (Å²) in [5, 5.41) is 3.72. The Hall–Kier alpha value is -1.27. The number of amides is 2. The number of nitrogens with one attached hydrogen (secondary N) is 1. The Morgan fingerprint density at radius 1 is 1.22 bits per heavy atom. The van der Waals surface area contributed by atoms with Crippen LogP contribution in [0.4, 0.5) is 10.5 Å². The molecule has 7 heteroatoms. The van der Waals surface area contributed by atoms with E-state index >= 15 is 0 Å². The maximum Gasteiger partial charge on any atom is 0.321 e. The van der Waals surface area contributed by atoms with E-state index in [0.717, 1.165) is 64.2 Å². The van der Waals surface area contributed by atoms with Crippen molar-refractivity contribution in [1.82, 2.24) is 14.7 Å². The summed E-state index contributed by atoms with van der Waals surface area (Å²) in [6.07, 6.45) is 5.18. The maximum absolute atomic E-state index is 12.6. The SMILES string of the molecule is CCN(CCN1CCN(C(=O)Nc2cccc(Cl)c2Cl)CC1)CC1=CCC2CC1C2(C)C. The van der Waals surface area contributed by atoms with Crippen molar-refractivity contribution in [2.45, 2.75) is 33.6 Å². The molecule has 0 radical (unpaired) electrons. The Labute approximate surface area is 202 Å². The highest BCUT2D eigenvalue weighted by atomic mass is 35.5. The fourth-order valence-electron chi connectivity index (χ4n) is 5.52. The minimum atomic E-state index is -0.116. The van der Waals surface area contributed by atoms with Gasteiger partial charge in [0.25, 0.3) is 0 Å². The van der Waals surface area contributed by atoms with Gasteiger partial charge in [0.15, 0.2) is 0 Å². The molecule has 2 fully saturated rings. The Balaban J connectivity index is 1.21. The van der Waals surface area contributed by atoms with Gasteiger partial charge in [-0.3, -0.25) is 9.80 Å². The lowest BCUT2D eigenvalue weighted by molar-refractivity contribution is -0.0108. The number of likely N-dealkylation sites (N-methyl/N-ethyl adjacent to an activating group) is 1. The van der Waals surface area contributed by atoms with Crippen LogP contribution in [-0.2, 0) is 0 Å². The molecule has 176 valence electrons. The van der Waals surface area contributed by atoms with Crippen molar-refractivity contribution in [2.75, 3.05) is 57.7 Å². The number of allylic oxidation sites excluding steroid dienone is 1. The van der Waals surface area contributed by atoms with Gasteiger partial charge in [-0.15, -0.1) is 0 Å². The number of anilines is 1. The first-order valence-electron chi connectivity index (χ1n) is 11.9. The quantitative estimate of drug-likeness (QED) is 0.528. The molecule has 1 aromatic rings. The zero-order chi connectivity index (χ0) is 22.9. The topological polar surface area (TPSA) is 38.8 Å². The van der Waals surface area contributed by atoms with Crippen LogP contribution in [0.3, 0.4) is 0 Å². The number of carbonyl (C=O) groups is 1. The van der Waals surface area contributed by atoms with Gasteiger partial charge in [-0.1, -0.05) is 61.7 Å². The Bertz CT molecular complexity index is 863. The van der Waals surface area contributed by atoms with Crippen LogP contribution in [0, 0.1) is 17.3 Å². The Kier molecular flexibility index (Phi) is 7.40. The molecule has 4 aliphatic rings. The second kappa shape index (κ2) is 9.92. The third kappa shape index (κ3) is 4.96. The van der Waals surface area contributed by atoms with Gasteiger partial charge in [-0.2, -0.15) is 0 Å². The van der Waals surface area contributed by atoms with E-state index < -0.39 is 0 Å². The lowest BCUT2D eigenvalue weighted by Crippen LogP contribution is -2.52. The van der Waals surface area contributed by atoms with Gasteiger partial charge >= 0.3 is 6.03 Å². The predicted octanol–water partition coefficient (Wildman–Crippen LogP) is 5.46. The van der Waals surface area contributed by atoms with Gasteiger partial charge < -0.3 is 10.2 Å². The van der Waals surface area contributed by atoms with E-state index in [4.69, 9.17) is 23.2 Å². The fraction of sp³-hybridized carbons (Fsp3) is 0.640. The van der Waals surface area contributed by atoms with Crippen molar-refractivity contribution in [1.29, 1.82) is 0 Å². The van der Waals surface area contributed by atoms with Crippen molar-refractivity contribution >= 4 is 34.9 Å². The number of halogens is 2. The minimum Gasteiger partial charge on any atom is -0.322 e. The molecule has 5 nitrogen and oxygen atoms in total. The number of urea groups is 1. The van der Waals surface area contributed by atoms with Crippen molar-refractivity contribution in [2.24, 2.45) is 17.3 Å². The average Bonchev–Trinajstić information content (AvgIpc) is 2.79. The van der Waals surface area contributed by atoms with Crippen LogP contribution in [0.25, 0.3) is 0 Å². The van der Waals surface area contributed by atoms with Crippen molar-refractivity contribution in [3.63, 3.8) is 0 Å². The standard InChI is InChI=1S/C25H36Cl2N4O/c1-4-29(17-18-8-9-19-16-20(18)25(19,2)3)10-11-30-12-14-31(15-13-30)24(32)28-22-7-5-6-21(26)23(22)27/h5-8,19-20H,4,9-17H2,1-3H3,(H,28,32). The van der Waals surface area contributed by atoms with Crippen LogP contribution >= 0.6 is 23.2 Å². The highest BCUT2D eigenvalue weighted by molar-refractivity contribution is 6.43. The lowest BCUT2D eigenvalue weighted by Gasteiger charge is -2.57. The number of hydrogen-bond acceptors (Lipinski definition) is 3. The number of fused-ring (bicyclic) bond motifs is 1. The van der Waals surface area contributed by atoms with E-state index in [0.29, 0.717) is 21.1 Å². The summed E-state index contributed by atoms with van der Waals surface area (Å²) >= 11 is 12.2.